The van der Waals surface area contributed by atoms with Gasteiger partial charge in [-0.2, -0.15) is 0 Å². The minimum absolute atomic E-state index is 0.924. The molecular weight excluding hydrogens is 126 g/mol. The van der Waals surface area contributed by atoms with Crippen LogP contribution in [-0.2, 0) is 0 Å². The van der Waals surface area contributed by atoms with Crippen LogP contribution < -0.4 is 5.73 Å². The van der Waals surface area contributed by atoms with E-state index in [0.29, 0.717) is 0 Å². The van der Waals surface area contributed by atoms with Crippen molar-refractivity contribution in [2.24, 2.45) is 5.73 Å². The first-order valence-corrected chi connectivity index (χ1v) is 3.05. The largest absolute Gasteiger partial charge is 0.384 e. The van der Waals surface area contributed by atoms with Crippen molar-refractivity contribution in [2.75, 3.05) is 0 Å². The Hall–Kier alpha value is -0.0300. The van der Waals surface area contributed by atoms with Gasteiger partial charge in [-0.05, 0) is 11.5 Å². The topological polar surface area (TPSA) is 66.5 Å². The van der Waals surface area contributed by atoms with Crippen molar-refractivity contribution in [3.63, 3.8) is 0 Å². The summed E-state index contributed by atoms with van der Waals surface area (Å²) in [5, 5.41) is 17.8. The van der Waals surface area contributed by atoms with Crippen molar-refractivity contribution >= 4 is 11.8 Å². The predicted octanol–water partition coefficient (Wildman–Crippen LogP) is -0.787. The summed E-state index contributed by atoms with van der Waals surface area (Å²) in [6.45, 7) is 0. The third kappa shape index (κ3) is 0.877. The van der Waals surface area contributed by atoms with Gasteiger partial charge in [0.15, 0.2) is 5.06 Å². The smallest absolute Gasteiger partial charge is 0.196 e. The van der Waals surface area contributed by atoms with Gasteiger partial charge >= 0.3 is 0 Å². The van der Waals surface area contributed by atoms with Crippen molar-refractivity contribution in [1.82, 2.24) is 0 Å². The van der Waals surface area contributed by atoms with Crippen molar-refractivity contribution in [3.8, 4) is 0 Å². The van der Waals surface area contributed by atoms with Gasteiger partial charge in [-0.15, -0.1) is 0 Å². The van der Waals surface area contributed by atoms with Gasteiger partial charge in [0.25, 0.3) is 0 Å². The van der Waals surface area contributed by atoms with Gasteiger partial charge in [-0.3, -0.25) is 5.73 Å². The zero-order valence-corrected chi connectivity index (χ0v) is 4.93. The van der Waals surface area contributed by atoms with Gasteiger partial charge < -0.3 is 10.2 Å². The number of hydrogen-bond acceptors (Lipinski definition) is 4. The van der Waals surface area contributed by atoms with Crippen molar-refractivity contribution in [2.45, 2.75) is 11.2 Å². The first-order valence-electron chi connectivity index (χ1n) is 2.17. The summed E-state index contributed by atoms with van der Waals surface area (Å²) in [5.74, 6) is 0. The molecule has 0 amide bonds. The minimum atomic E-state index is -1.49. The Balaban J connectivity index is 2.64. The second-order valence-corrected chi connectivity index (χ2v) is 2.80. The molecule has 0 saturated heterocycles. The van der Waals surface area contributed by atoms with Gasteiger partial charge in [0.1, 0.15) is 6.10 Å². The van der Waals surface area contributed by atoms with Crippen LogP contribution in [-0.4, -0.2) is 21.4 Å². The maximum Gasteiger partial charge on any atom is 0.196 e. The van der Waals surface area contributed by atoms with Crippen molar-refractivity contribution in [1.29, 1.82) is 0 Å². The van der Waals surface area contributed by atoms with Gasteiger partial charge in [0.05, 0.1) is 0 Å². The average molecular weight is 133 g/mol. The van der Waals surface area contributed by atoms with Crippen molar-refractivity contribution < 1.29 is 10.2 Å². The molecule has 46 valence electrons. The van der Waals surface area contributed by atoms with E-state index in [1.54, 1.807) is 5.41 Å². The molecule has 3 nitrogen and oxygen atoms in total. The summed E-state index contributed by atoms with van der Waals surface area (Å²) in [5.41, 5.74) is 5.13. The lowest BCUT2D eigenvalue weighted by Crippen LogP contribution is -2.43. The van der Waals surface area contributed by atoms with E-state index in [4.69, 9.17) is 15.9 Å². The lowest BCUT2D eigenvalue weighted by atomic mass is 10.3. The van der Waals surface area contributed by atoms with Gasteiger partial charge in [-0.25, -0.2) is 0 Å². The number of hydrogen-bond donors (Lipinski definition) is 3. The molecule has 4 heteroatoms. The van der Waals surface area contributed by atoms with E-state index in [1.165, 1.54) is 6.08 Å². The normalized spacial score (nSPS) is 45.6. The average Bonchev–Trinajstić information content (AvgIpc) is 1.86. The van der Waals surface area contributed by atoms with E-state index >= 15 is 0 Å². The number of nitrogens with two attached hydrogens (primary N) is 1. The van der Waals surface area contributed by atoms with Crippen LogP contribution in [0.25, 0.3) is 0 Å². The molecule has 1 rings (SSSR count). The number of aliphatic hydroxyl groups is 2. The summed E-state index contributed by atoms with van der Waals surface area (Å²) in [6.07, 6.45) is 0.525. The maximum absolute atomic E-state index is 8.89. The maximum atomic E-state index is 8.89. The Kier molecular flexibility index (Phi) is 1.32. The summed E-state index contributed by atoms with van der Waals surface area (Å²) >= 11 is 1.01. The van der Waals surface area contributed by atoms with E-state index in [0.717, 1.165) is 11.8 Å². The Labute approximate surface area is 51.2 Å². The van der Waals surface area contributed by atoms with Gasteiger partial charge in [0, 0.05) is 0 Å². The Morgan fingerprint density at radius 2 is 2.38 bits per heavy atom. The number of thioether (sulfide) groups is 1. The molecule has 4 N–H and O–H groups in total. The van der Waals surface area contributed by atoms with Crippen molar-refractivity contribution in [3.05, 3.63) is 11.5 Å². The standard InChI is InChI=1S/C4H7NO2S/c5-4(7)3(6)1-2-8-4/h1-3,6-7H,5H2. The molecule has 1 aliphatic heterocycles. The molecule has 8 heavy (non-hydrogen) atoms. The fourth-order valence-electron chi connectivity index (χ4n) is 0.430. The minimum Gasteiger partial charge on any atom is -0.384 e. The molecule has 0 fully saturated rings. The zero-order valence-electron chi connectivity index (χ0n) is 4.11. The molecular formula is C4H7NO2S. The quantitative estimate of drug-likeness (QED) is 0.379. The molecule has 0 aromatic heterocycles. The van der Waals surface area contributed by atoms with Crippen LogP contribution in [0.15, 0.2) is 11.5 Å². The molecule has 1 aliphatic rings. The summed E-state index contributed by atoms with van der Waals surface area (Å²) in [4.78, 5) is 0. The molecule has 0 aromatic carbocycles. The summed E-state index contributed by atoms with van der Waals surface area (Å²) < 4.78 is 0. The van der Waals surface area contributed by atoms with E-state index < -0.39 is 11.2 Å². The van der Waals surface area contributed by atoms with Crippen LogP contribution in [0.3, 0.4) is 0 Å². The highest BCUT2D eigenvalue weighted by atomic mass is 32.2. The molecule has 0 saturated carbocycles. The number of rotatable bonds is 0. The Morgan fingerprint density at radius 1 is 1.75 bits per heavy atom. The molecule has 1 heterocycles. The third-order valence-electron chi connectivity index (χ3n) is 0.941. The molecule has 0 aromatic rings. The van der Waals surface area contributed by atoms with Crippen LogP contribution in [0, 0.1) is 0 Å². The highest BCUT2D eigenvalue weighted by molar-refractivity contribution is 8.03. The third-order valence-corrected chi connectivity index (χ3v) is 1.85. The summed E-state index contributed by atoms with van der Waals surface area (Å²) in [6, 6.07) is 0. The molecule has 0 spiro atoms. The highest BCUT2D eigenvalue weighted by Crippen LogP contribution is 2.28. The number of aliphatic hydroxyl groups excluding tert-OH is 1. The Morgan fingerprint density at radius 3 is 2.50 bits per heavy atom. The molecule has 0 bridgehead atoms. The zero-order chi connectivity index (χ0) is 6.20. The van der Waals surface area contributed by atoms with E-state index in [9.17, 15) is 0 Å². The van der Waals surface area contributed by atoms with Gasteiger partial charge in [-0.1, -0.05) is 11.8 Å². The molecule has 0 aliphatic carbocycles. The monoisotopic (exact) mass is 133 g/mol. The van der Waals surface area contributed by atoms with E-state index in [2.05, 4.69) is 0 Å². The lowest BCUT2D eigenvalue weighted by molar-refractivity contribution is 0.0294. The Bertz CT molecular complexity index is 123. The van der Waals surface area contributed by atoms with Crippen LogP contribution in [0.4, 0.5) is 0 Å². The molecule has 0 radical (unpaired) electrons. The fourth-order valence-corrected chi connectivity index (χ4v) is 1.09. The molecule has 2 unspecified atom stereocenters. The lowest BCUT2D eigenvalue weighted by Gasteiger charge is -2.18. The summed E-state index contributed by atoms with van der Waals surface area (Å²) in [7, 11) is 0. The first kappa shape index (κ1) is 6.10. The first-order chi connectivity index (χ1) is 3.63. The van der Waals surface area contributed by atoms with Crippen LogP contribution >= 0.6 is 11.8 Å². The van der Waals surface area contributed by atoms with E-state index in [1.807, 2.05) is 0 Å². The second kappa shape index (κ2) is 1.73. The van der Waals surface area contributed by atoms with E-state index in [-0.39, 0.29) is 0 Å². The van der Waals surface area contributed by atoms with Crippen LogP contribution in [0.1, 0.15) is 0 Å². The fraction of sp³-hybridized carbons (Fsp3) is 0.500. The predicted molar refractivity (Wildman–Crippen MR) is 31.9 cm³/mol. The van der Waals surface area contributed by atoms with Gasteiger partial charge in [0.2, 0.25) is 0 Å². The van der Waals surface area contributed by atoms with Crippen LogP contribution in [0.2, 0.25) is 0 Å². The second-order valence-electron chi connectivity index (χ2n) is 1.64. The highest BCUT2D eigenvalue weighted by Gasteiger charge is 2.32. The van der Waals surface area contributed by atoms with Crippen LogP contribution in [0.5, 0.6) is 0 Å². The molecule has 2 atom stereocenters. The SMILES string of the molecule is NC1(O)SC=CC1O.